The lowest BCUT2D eigenvalue weighted by atomic mass is 9.68. The second-order valence-electron chi connectivity index (χ2n) is 15.6. The molecule has 0 bridgehead atoms. The predicted molar refractivity (Wildman–Crippen MR) is 167 cm³/mol. The summed E-state index contributed by atoms with van der Waals surface area (Å²) in [6.07, 6.45) is -1.62. The summed E-state index contributed by atoms with van der Waals surface area (Å²) in [7, 11) is -2.28. The molecule has 242 valence electrons. The number of fused-ring (bicyclic) bond motifs is 4. The molecule has 1 aromatic heterocycles. The first-order valence-corrected chi connectivity index (χ1v) is 18.9. The number of pyridine rings is 1. The minimum Gasteiger partial charge on any atom is -0.455 e. The first-order chi connectivity index (χ1) is 20.2. The number of hydrogen-bond acceptors (Lipinski definition) is 5. The maximum absolute atomic E-state index is 13.5. The number of hydrogen-bond donors (Lipinski definition) is 0. The summed E-state index contributed by atoms with van der Waals surface area (Å²) in [6, 6.07) is 5.37. The maximum atomic E-state index is 13.5. The summed E-state index contributed by atoms with van der Waals surface area (Å²) in [4.78, 5) is 17.9. The summed E-state index contributed by atoms with van der Waals surface area (Å²) in [5, 5.41) is -0.0389. The minimum atomic E-state index is -4.42. The normalized spacial score (nSPS) is 24.5. The van der Waals surface area contributed by atoms with E-state index in [4.69, 9.17) is 18.9 Å². The highest BCUT2D eigenvalue weighted by Gasteiger charge is 2.56. The molecule has 5 nitrogen and oxygen atoms in total. The molecule has 2 heterocycles. The number of carbonyl (C=O) groups is 1. The number of esters is 1. The van der Waals surface area contributed by atoms with Crippen LogP contribution in [0, 0.1) is 5.41 Å². The Morgan fingerprint density at radius 1 is 1.05 bits per heavy atom. The van der Waals surface area contributed by atoms with Gasteiger partial charge in [0.15, 0.2) is 8.32 Å². The van der Waals surface area contributed by atoms with E-state index in [9.17, 15) is 18.0 Å². The summed E-state index contributed by atoms with van der Waals surface area (Å²) in [5.74, 6) is -0.366. The molecule has 3 aliphatic rings. The predicted octanol–water partition coefficient (Wildman–Crippen LogP) is 10.2. The van der Waals surface area contributed by atoms with E-state index < -0.39 is 43.3 Å². The van der Waals surface area contributed by atoms with Gasteiger partial charge >= 0.3 is 12.1 Å². The van der Waals surface area contributed by atoms with Crippen LogP contribution in [0.3, 0.4) is 0 Å². The number of alkyl halides is 3. The molecule has 1 fully saturated rings. The van der Waals surface area contributed by atoms with Crippen molar-refractivity contribution in [2.75, 3.05) is 0 Å². The fraction of sp³-hybridized carbons (Fsp3) is 0.657. The van der Waals surface area contributed by atoms with Crippen LogP contribution in [-0.4, -0.2) is 19.3 Å². The third kappa shape index (κ3) is 5.66. The fourth-order valence-corrected chi connectivity index (χ4v) is 8.45. The molecule has 3 unspecified atom stereocenters. The molecule has 0 amide bonds. The molecule has 2 aliphatic carbocycles. The van der Waals surface area contributed by atoms with Gasteiger partial charge in [0, 0.05) is 29.2 Å². The Hall–Kier alpha value is -2.23. The zero-order valence-electron chi connectivity index (χ0n) is 27.9. The number of benzene rings is 1. The Morgan fingerprint density at radius 2 is 1.64 bits per heavy atom. The second kappa shape index (κ2) is 10.9. The molecule has 1 saturated carbocycles. The van der Waals surface area contributed by atoms with Crippen molar-refractivity contribution in [2.24, 2.45) is 5.41 Å². The highest BCUT2D eigenvalue weighted by atomic mass is 28.4. The lowest BCUT2D eigenvalue weighted by Crippen LogP contribution is -2.45. The molecule has 1 aromatic carbocycles. The number of aromatic nitrogens is 1. The summed E-state index contributed by atoms with van der Waals surface area (Å²) in [5.41, 5.74) is 3.51. The van der Waals surface area contributed by atoms with Gasteiger partial charge in [-0.05, 0) is 66.6 Å². The number of rotatable bonds is 5. The first-order valence-electron chi connectivity index (χ1n) is 16.0. The monoisotopic (exact) mass is 631 g/mol. The molecule has 2 aromatic rings. The van der Waals surface area contributed by atoms with Crippen molar-refractivity contribution in [1.82, 2.24) is 4.98 Å². The van der Waals surface area contributed by atoms with E-state index >= 15 is 0 Å². The summed E-state index contributed by atoms with van der Waals surface area (Å²) in [6.45, 7) is 21.0. The van der Waals surface area contributed by atoms with Crippen molar-refractivity contribution in [3.8, 4) is 0 Å². The SMILES string of the molecule is CC(=O)OC1c2nc(C(C)C)c3c(c2C(O[Si](C)(C)C(C)(C)C)CC1(C)C)C1(CCCC1)OC3c1ccc(C(F)(F)F)cc1. The molecule has 1 spiro atoms. The van der Waals surface area contributed by atoms with E-state index in [2.05, 4.69) is 61.6 Å². The second-order valence-corrected chi connectivity index (χ2v) is 20.4. The third-order valence-electron chi connectivity index (χ3n) is 10.4. The van der Waals surface area contributed by atoms with Crippen LogP contribution in [0.4, 0.5) is 13.2 Å². The highest BCUT2D eigenvalue weighted by Crippen LogP contribution is 2.62. The average molecular weight is 632 g/mol. The minimum absolute atomic E-state index is 0.00562. The Morgan fingerprint density at radius 3 is 2.14 bits per heavy atom. The number of carbonyl (C=O) groups excluding carboxylic acids is 1. The van der Waals surface area contributed by atoms with Crippen LogP contribution in [0.5, 0.6) is 0 Å². The molecule has 44 heavy (non-hydrogen) atoms. The van der Waals surface area contributed by atoms with Crippen LogP contribution >= 0.6 is 0 Å². The lowest BCUT2D eigenvalue weighted by molar-refractivity contribution is -0.156. The van der Waals surface area contributed by atoms with E-state index in [0.29, 0.717) is 12.0 Å². The molecule has 5 rings (SSSR count). The van der Waals surface area contributed by atoms with Gasteiger partial charge < -0.3 is 13.9 Å². The van der Waals surface area contributed by atoms with Crippen molar-refractivity contribution < 1.29 is 31.9 Å². The quantitative estimate of drug-likeness (QED) is 0.243. The topological polar surface area (TPSA) is 57.7 Å². The van der Waals surface area contributed by atoms with Crippen LogP contribution in [0.2, 0.25) is 18.1 Å². The fourth-order valence-electron chi connectivity index (χ4n) is 7.18. The molecule has 3 atom stereocenters. The zero-order chi connectivity index (χ0) is 32.6. The molecular weight excluding hydrogens is 583 g/mol. The van der Waals surface area contributed by atoms with Gasteiger partial charge in [-0.3, -0.25) is 9.78 Å². The molecule has 9 heteroatoms. The Balaban J connectivity index is 1.82. The van der Waals surface area contributed by atoms with Gasteiger partial charge in [0.2, 0.25) is 0 Å². The van der Waals surface area contributed by atoms with Crippen molar-refractivity contribution in [3.63, 3.8) is 0 Å². The number of halogens is 3. The van der Waals surface area contributed by atoms with Crippen molar-refractivity contribution in [1.29, 1.82) is 0 Å². The smallest absolute Gasteiger partial charge is 0.416 e. The van der Waals surface area contributed by atoms with E-state index in [-0.39, 0.29) is 23.0 Å². The summed E-state index contributed by atoms with van der Waals surface area (Å²) < 4.78 is 60.9. The van der Waals surface area contributed by atoms with Gasteiger partial charge in [-0.15, -0.1) is 0 Å². The number of ether oxygens (including phenoxy) is 2. The van der Waals surface area contributed by atoms with Gasteiger partial charge in [-0.25, -0.2) is 0 Å². The molecular formula is C35H48F3NO4Si. The third-order valence-corrected chi connectivity index (χ3v) is 14.9. The van der Waals surface area contributed by atoms with Crippen molar-refractivity contribution in [3.05, 3.63) is 63.5 Å². The van der Waals surface area contributed by atoms with Crippen LogP contribution in [-0.2, 0) is 30.5 Å². The molecule has 0 radical (unpaired) electrons. The van der Waals surface area contributed by atoms with E-state index in [1.165, 1.54) is 6.92 Å². The zero-order valence-corrected chi connectivity index (χ0v) is 28.9. The standard InChI is InChI=1S/C35H48F3NO4Si/c1-20(2)28-26-27(34(17-11-12-18-34)42-30(26)22-13-15-23(16-14-22)35(36,37)38)25-24(43-44(9,10)32(4,5)6)19-33(7,8)31(29(25)39-28)41-21(3)40/h13-16,20,24,30-31H,11-12,17-19H2,1-10H3. The van der Waals surface area contributed by atoms with E-state index in [1.807, 2.05) is 0 Å². The first kappa shape index (κ1) is 33.1. The molecule has 1 aliphatic heterocycles. The maximum Gasteiger partial charge on any atom is 0.416 e. The largest absolute Gasteiger partial charge is 0.455 e. The van der Waals surface area contributed by atoms with Crippen molar-refractivity contribution in [2.45, 2.75) is 142 Å². The van der Waals surface area contributed by atoms with Gasteiger partial charge in [0.1, 0.15) is 12.2 Å². The Kier molecular flexibility index (Phi) is 8.24. The van der Waals surface area contributed by atoms with E-state index in [1.54, 1.807) is 12.1 Å². The average Bonchev–Trinajstić information content (AvgIpc) is 3.49. The summed E-state index contributed by atoms with van der Waals surface area (Å²) >= 11 is 0. The highest BCUT2D eigenvalue weighted by molar-refractivity contribution is 6.74. The van der Waals surface area contributed by atoms with Crippen molar-refractivity contribution >= 4 is 14.3 Å². The van der Waals surface area contributed by atoms with Gasteiger partial charge in [-0.1, -0.05) is 73.4 Å². The molecule has 0 saturated heterocycles. The van der Waals surface area contributed by atoms with Crippen LogP contribution in [0.25, 0.3) is 0 Å². The van der Waals surface area contributed by atoms with Gasteiger partial charge in [0.25, 0.3) is 0 Å². The van der Waals surface area contributed by atoms with Crippen LogP contribution in [0.1, 0.15) is 151 Å². The molecule has 0 N–H and O–H groups in total. The Bertz CT molecular complexity index is 1420. The lowest BCUT2D eigenvalue weighted by Gasteiger charge is -2.48. The number of nitrogens with zero attached hydrogens (tertiary/aromatic N) is 1. The van der Waals surface area contributed by atoms with E-state index in [0.717, 1.165) is 65.9 Å². The van der Waals surface area contributed by atoms with Gasteiger partial charge in [0.05, 0.1) is 23.0 Å². The van der Waals surface area contributed by atoms with Crippen LogP contribution in [0.15, 0.2) is 24.3 Å². The van der Waals surface area contributed by atoms with Gasteiger partial charge in [-0.2, -0.15) is 13.2 Å². The van der Waals surface area contributed by atoms with Crippen LogP contribution < -0.4 is 0 Å². The Labute approximate surface area is 261 Å².